The summed E-state index contributed by atoms with van der Waals surface area (Å²) < 4.78 is 1.76. The predicted molar refractivity (Wildman–Crippen MR) is 82.9 cm³/mol. The molecule has 4 rings (SSSR count). The number of nitrogens with zero attached hydrogens (tertiary/aromatic N) is 4. The third kappa shape index (κ3) is 1.86. The zero-order valence-electron chi connectivity index (χ0n) is 11.6. The van der Waals surface area contributed by atoms with Crippen molar-refractivity contribution in [3.05, 3.63) is 66.6 Å². The molecule has 1 aromatic carbocycles. The smallest absolute Gasteiger partial charge is 0.137 e. The first kappa shape index (κ1) is 12.4. The molecule has 5 heteroatoms. The number of nitrogens with one attached hydrogen (secondary N) is 1. The molecule has 4 aromatic rings. The molecule has 0 atom stereocenters. The van der Waals surface area contributed by atoms with Crippen molar-refractivity contribution in [2.24, 2.45) is 0 Å². The van der Waals surface area contributed by atoms with Gasteiger partial charge < -0.3 is 4.98 Å². The quantitative estimate of drug-likeness (QED) is 0.614. The zero-order valence-corrected chi connectivity index (χ0v) is 11.6. The van der Waals surface area contributed by atoms with Gasteiger partial charge in [-0.1, -0.05) is 30.3 Å². The van der Waals surface area contributed by atoms with E-state index in [0.717, 1.165) is 28.2 Å². The fraction of sp³-hybridized carbons (Fsp3) is 0. The van der Waals surface area contributed by atoms with Crippen molar-refractivity contribution in [3.8, 4) is 28.7 Å². The van der Waals surface area contributed by atoms with E-state index in [4.69, 9.17) is 0 Å². The summed E-state index contributed by atoms with van der Waals surface area (Å²) in [5.41, 5.74) is 4.87. The van der Waals surface area contributed by atoms with E-state index in [1.54, 1.807) is 4.52 Å². The van der Waals surface area contributed by atoms with E-state index in [0.29, 0.717) is 5.56 Å². The molecule has 1 N–H and O–H groups in total. The molecule has 0 fully saturated rings. The normalized spacial score (nSPS) is 10.7. The average molecular weight is 285 g/mol. The average Bonchev–Trinajstić information content (AvgIpc) is 3.22. The van der Waals surface area contributed by atoms with E-state index in [9.17, 15) is 5.26 Å². The van der Waals surface area contributed by atoms with Gasteiger partial charge in [0.1, 0.15) is 18.1 Å². The number of aromatic nitrogens is 4. The van der Waals surface area contributed by atoms with Gasteiger partial charge in [0.05, 0.1) is 22.5 Å². The van der Waals surface area contributed by atoms with Gasteiger partial charge in [-0.05, 0) is 23.8 Å². The predicted octanol–water partition coefficient (Wildman–Crippen LogP) is 3.26. The third-order valence-electron chi connectivity index (χ3n) is 3.59. The number of H-pyrrole nitrogens is 1. The summed E-state index contributed by atoms with van der Waals surface area (Å²) in [6.45, 7) is 0. The van der Waals surface area contributed by atoms with Crippen LogP contribution in [0.2, 0.25) is 0 Å². The van der Waals surface area contributed by atoms with Crippen LogP contribution in [-0.4, -0.2) is 19.6 Å². The van der Waals surface area contributed by atoms with Crippen LogP contribution in [0.4, 0.5) is 0 Å². The molecule has 22 heavy (non-hydrogen) atoms. The summed E-state index contributed by atoms with van der Waals surface area (Å²) in [5.74, 6) is 0. The standard InChI is InChI=1S/C17H11N5/c18-10-13-9-14(21-16(13)12-5-2-1-3-6-12)17-15-7-4-8-22(15)20-11-19-17/h1-9,11,21H. The van der Waals surface area contributed by atoms with Crippen molar-refractivity contribution in [1.82, 2.24) is 19.6 Å². The highest BCUT2D eigenvalue weighted by Crippen LogP contribution is 2.29. The van der Waals surface area contributed by atoms with E-state index in [-0.39, 0.29) is 0 Å². The lowest BCUT2D eigenvalue weighted by atomic mass is 10.1. The lowest BCUT2D eigenvalue weighted by Crippen LogP contribution is -1.94. The Kier molecular flexibility index (Phi) is 2.73. The number of hydrogen-bond acceptors (Lipinski definition) is 3. The largest absolute Gasteiger partial charge is 0.352 e. The molecular weight excluding hydrogens is 274 g/mol. The summed E-state index contributed by atoms with van der Waals surface area (Å²) in [5, 5.41) is 13.6. The van der Waals surface area contributed by atoms with E-state index in [1.807, 2.05) is 54.7 Å². The highest BCUT2D eigenvalue weighted by atomic mass is 15.2. The van der Waals surface area contributed by atoms with Crippen LogP contribution >= 0.6 is 0 Å². The van der Waals surface area contributed by atoms with E-state index in [1.165, 1.54) is 6.33 Å². The number of fused-ring (bicyclic) bond motifs is 1. The van der Waals surface area contributed by atoms with E-state index < -0.39 is 0 Å². The van der Waals surface area contributed by atoms with Gasteiger partial charge in [0, 0.05) is 6.20 Å². The second-order valence-corrected chi connectivity index (χ2v) is 4.90. The molecule has 0 aliphatic carbocycles. The van der Waals surface area contributed by atoms with Crippen LogP contribution in [0.3, 0.4) is 0 Å². The van der Waals surface area contributed by atoms with Gasteiger partial charge >= 0.3 is 0 Å². The number of nitriles is 1. The molecule has 0 unspecified atom stereocenters. The minimum Gasteiger partial charge on any atom is -0.352 e. The second kappa shape index (κ2) is 4.86. The Hall–Kier alpha value is -3.39. The highest BCUT2D eigenvalue weighted by molar-refractivity contribution is 5.79. The number of aromatic amines is 1. The Morgan fingerprint density at radius 1 is 1.09 bits per heavy atom. The van der Waals surface area contributed by atoms with Gasteiger partial charge in [-0.3, -0.25) is 0 Å². The monoisotopic (exact) mass is 285 g/mol. The van der Waals surface area contributed by atoms with Crippen LogP contribution in [0, 0.1) is 11.3 Å². The highest BCUT2D eigenvalue weighted by Gasteiger charge is 2.14. The Labute approximate surface area is 126 Å². The molecule has 0 bridgehead atoms. The number of hydrogen-bond donors (Lipinski definition) is 1. The third-order valence-corrected chi connectivity index (χ3v) is 3.59. The van der Waals surface area contributed by atoms with Crippen molar-refractivity contribution < 1.29 is 0 Å². The molecule has 0 saturated heterocycles. The van der Waals surface area contributed by atoms with Gasteiger partial charge in [0.2, 0.25) is 0 Å². The molecule has 3 aromatic heterocycles. The molecule has 3 heterocycles. The van der Waals surface area contributed by atoms with Crippen LogP contribution in [0.5, 0.6) is 0 Å². The molecule has 5 nitrogen and oxygen atoms in total. The Morgan fingerprint density at radius 3 is 2.77 bits per heavy atom. The van der Waals surface area contributed by atoms with Crippen molar-refractivity contribution in [2.75, 3.05) is 0 Å². The summed E-state index contributed by atoms with van der Waals surface area (Å²) >= 11 is 0. The summed E-state index contributed by atoms with van der Waals surface area (Å²) in [4.78, 5) is 7.68. The Morgan fingerprint density at radius 2 is 1.95 bits per heavy atom. The molecule has 104 valence electrons. The first-order valence-electron chi connectivity index (χ1n) is 6.84. The van der Waals surface area contributed by atoms with Crippen LogP contribution in [0.15, 0.2) is 61.1 Å². The summed E-state index contributed by atoms with van der Waals surface area (Å²) in [7, 11) is 0. The first-order chi connectivity index (χ1) is 10.9. The van der Waals surface area contributed by atoms with Crippen LogP contribution < -0.4 is 0 Å². The number of rotatable bonds is 2. The minimum atomic E-state index is 0.601. The first-order valence-corrected chi connectivity index (χ1v) is 6.84. The molecule has 0 aliphatic heterocycles. The van der Waals surface area contributed by atoms with E-state index in [2.05, 4.69) is 21.1 Å². The molecule has 0 aliphatic rings. The fourth-order valence-corrected chi connectivity index (χ4v) is 2.58. The molecule has 0 spiro atoms. The molecule has 0 radical (unpaired) electrons. The number of benzene rings is 1. The second-order valence-electron chi connectivity index (χ2n) is 4.90. The maximum Gasteiger partial charge on any atom is 0.137 e. The van der Waals surface area contributed by atoms with Crippen molar-refractivity contribution in [2.45, 2.75) is 0 Å². The topological polar surface area (TPSA) is 69.8 Å². The van der Waals surface area contributed by atoms with Gasteiger partial charge in [0.25, 0.3) is 0 Å². The van der Waals surface area contributed by atoms with Crippen molar-refractivity contribution in [1.29, 1.82) is 5.26 Å². The van der Waals surface area contributed by atoms with Gasteiger partial charge in [-0.25, -0.2) is 9.50 Å². The lowest BCUT2D eigenvalue weighted by Gasteiger charge is -2.01. The molecule has 0 saturated carbocycles. The SMILES string of the molecule is N#Cc1cc(-c2ncnn3cccc23)[nH]c1-c1ccccc1. The minimum absolute atomic E-state index is 0.601. The fourth-order valence-electron chi connectivity index (χ4n) is 2.58. The Bertz CT molecular complexity index is 989. The van der Waals surface area contributed by atoms with Crippen LogP contribution in [-0.2, 0) is 0 Å². The van der Waals surface area contributed by atoms with Crippen LogP contribution in [0.25, 0.3) is 28.2 Å². The maximum atomic E-state index is 9.41. The van der Waals surface area contributed by atoms with Crippen molar-refractivity contribution >= 4 is 5.52 Å². The summed E-state index contributed by atoms with van der Waals surface area (Å²) in [6, 6.07) is 17.7. The van der Waals surface area contributed by atoms with Gasteiger partial charge in [0.15, 0.2) is 0 Å². The molecule has 0 amide bonds. The van der Waals surface area contributed by atoms with Gasteiger partial charge in [-0.15, -0.1) is 0 Å². The van der Waals surface area contributed by atoms with E-state index >= 15 is 0 Å². The van der Waals surface area contributed by atoms with Crippen LogP contribution in [0.1, 0.15) is 5.56 Å². The molecular formula is C17H11N5. The maximum absolute atomic E-state index is 9.41. The van der Waals surface area contributed by atoms with Gasteiger partial charge in [-0.2, -0.15) is 10.4 Å². The zero-order chi connectivity index (χ0) is 14.9. The Balaban J connectivity index is 1.93. The lowest BCUT2D eigenvalue weighted by molar-refractivity contribution is 0.905. The van der Waals surface area contributed by atoms with Crippen molar-refractivity contribution in [3.63, 3.8) is 0 Å². The summed E-state index contributed by atoms with van der Waals surface area (Å²) in [6.07, 6.45) is 3.38.